The first-order valence-corrected chi connectivity index (χ1v) is 8.18. The maximum atomic E-state index is 12.4. The smallest absolute Gasteiger partial charge is 0.367 e. The summed E-state index contributed by atoms with van der Waals surface area (Å²) in [5.41, 5.74) is 0.340. The highest BCUT2D eigenvalue weighted by molar-refractivity contribution is 7.11. The minimum absolute atomic E-state index is 0.0991. The van der Waals surface area contributed by atoms with Gasteiger partial charge >= 0.3 is 5.97 Å². The second-order valence-corrected chi connectivity index (χ2v) is 5.75. The molecule has 0 bridgehead atoms. The van der Waals surface area contributed by atoms with Gasteiger partial charge in [0.1, 0.15) is 5.69 Å². The number of hydrogen-bond acceptors (Lipinski definition) is 6. The highest BCUT2D eigenvalue weighted by Crippen LogP contribution is 2.14. The minimum Gasteiger partial charge on any atom is -0.461 e. The van der Waals surface area contributed by atoms with Crippen LogP contribution in [0.25, 0.3) is 0 Å². The number of rotatable bonds is 5. The molecule has 21 heavy (non-hydrogen) atoms. The normalized spacial score (nSPS) is 16.0. The number of amides is 1. The van der Waals surface area contributed by atoms with Crippen LogP contribution in [0.3, 0.4) is 0 Å². The second-order valence-electron chi connectivity index (χ2n) is 4.89. The van der Waals surface area contributed by atoms with Gasteiger partial charge in [-0.15, -0.1) is 11.3 Å². The van der Waals surface area contributed by atoms with Crippen LogP contribution in [0.1, 0.15) is 40.6 Å². The zero-order chi connectivity index (χ0) is 15.2. The summed E-state index contributed by atoms with van der Waals surface area (Å²) in [5.74, 6) is -0.563. The Balaban J connectivity index is 1.93. The topological polar surface area (TPSA) is 62.7 Å². The number of carbonyl (C=O) groups is 2. The molecule has 1 fully saturated rings. The van der Waals surface area contributed by atoms with Crippen molar-refractivity contribution in [1.82, 2.24) is 14.8 Å². The van der Waals surface area contributed by atoms with E-state index in [0.717, 1.165) is 37.4 Å². The lowest BCUT2D eigenvalue weighted by atomic mass is 10.2. The third-order valence-corrected chi connectivity index (χ3v) is 4.20. The van der Waals surface area contributed by atoms with E-state index in [1.54, 1.807) is 17.2 Å². The molecule has 0 aliphatic carbocycles. The number of ether oxygens (including phenoxy) is 1. The molecule has 7 heteroatoms. The average Bonchev–Trinajstić information content (AvgIpc) is 2.98. The van der Waals surface area contributed by atoms with Crippen LogP contribution in [-0.4, -0.2) is 66.0 Å². The molecular formula is C14H21N3O3S. The molecule has 1 aliphatic heterocycles. The van der Waals surface area contributed by atoms with Gasteiger partial charge in [-0.1, -0.05) is 6.92 Å². The predicted octanol–water partition coefficient (Wildman–Crippen LogP) is 1.49. The first-order chi connectivity index (χ1) is 10.2. The molecule has 0 spiro atoms. The Kier molecular flexibility index (Phi) is 5.69. The van der Waals surface area contributed by atoms with E-state index in [4.69, 9.17) is 4.74 Å². The first kappa shape index (κ1) is 15.9. The maximum Gasteiger partial charge on any atom is 0.367 e. The van der Waals surface area contributed by atoms with E-state index in [0.29, 0.717) is 25.4 Å². The molecular weight excluding hydrogens is 290 g/mol. The SMILES string of the molecule is CCCN1CCN(C(=O)c2csc(C(=O)OCC)n2)CC1. The van der Waals surface area contributed by atoms with Crippen molar-refractivity contribution < 1.29 is 14.3 Å². The van der Waals surface area contributed by atoms with E-state index < -0.39 is 5.97 Å². The molecule has 1 aromatic heterocycles. The van der Waals surface area contributed by atoms with Crippen molar-refractivity contribution in [2.75, 3.05) is 39.3 Å². The van der Waals surface area contributed by atoms with Crippen LogP contribution in [0.4, 0.5) is 0 Å². The standard InChI is InChI=1S/C14H21N3O3S/c1-3-5-16-6-8-17(9-7-16)13(18)11-10-21-12(15-11)14(19)20-4-2/h10H,3-9H2,1-2H3. The molecule has 0 radical (unpaired) electrons. The average molecular weight is 311 g/mol. The summed E-state index contributed by atoms with van der Waals surface area (Å²) in [7, 11) is 0. The quantitative estimate of drug-likeness (QED) is 0.771. The molecule has 0 saturated carbocycles. The Morgan fingerprint density at radius 2 is 2.00 bits per heavy atom. The van der Waals surface area contributed by atoms with Crippen LogP contribution < -0.4 is 0 Å². The summed E-state index contributed by atoms with van der Waals surface area (Å²) in [5, 5.41) is 1.87. The highest BCUT2D eigenvalue weighted by Gasteiger charge is 2.24. The fraction of sp³-hybridized carbons (Fsp3) is 0.643. The minimum atomic E-state index is -0.464. The van der Waals surface area contributed by atoms with Gasteiger partial charge in [-0.25, -0.2) is 9.78 Å². The number of carbonyl (C=O) groups excluding carboxylic acids is 2. The van der Waals surface area contributed by atoms with Gasteiger partial charge in [-0.05, 0) is 19.9 Å². The van der Waals surface area contributed by atoms with Crippen LogP contribution >= 0.6 is 11.3 Å². The van der Waals surface area contributed by atoms with Crippen LogP contribution in [0.5, 0.6) is 0 Å². The fourth-order valence-electron chi connectivity index (χ4n) is 2.31. The summed E-state index contributed by atoms with van der Waals surface area (Å²) >= 11 is 1.16. The lowest BCUT2D eigenvalue weighted by Crippen LogP contribution is -2.48. The molecule has 1 amide bonds. The Hall–Kier alpha value is -1.47. The summed E-state index contributed by atoms with van der Waals surface area (Å²) in [6.45, 7) is 8.50. The van der Waals surface area contributed by atoms with Crippen molar-refractivity contribution in [1.29, 1.82) is 0 Å². The summed E-state index contributed by atoms with van der Waals surface area (Å²) < 4.78 is 4.88. The van der Waals surface area contributed by atoms with Gasteiger partial charge in [0.2, 0.25) is 5.01 Å². The number of aromatic nitrogens is 1. The Morgan fingerprint density at radius 1 is 1.29 bits per heavy atom. The van der Waals surface area contributed by atoms with Crippen molar-refractivity contribution in [2.45, 2.75) is 20.3 Å². The molecule has 0 aromatic carbocycles. The molecule has 2 heterocycles. The van der Waals surface area contributed by atoms with Crippen LogP contribution in [-0.2, 0) is 4.74 Å². The Bertz CT molecular complexity index is 495. The van der Waals surface area contributed by atoms with E-state index in [1.807, 2.05) is 0 Å². The van der Waals surface area contributed by atoms with Gasteiger partial charge in [-0.2, -0.15) is 0 Å². The maximum absolute atomic E-state index is 12.4. The molecule has 0 unspecified atom stereocenters. The van der Waals surface area contributed by atoms with Crippen molar-refractivity contribution in [3.05, 3.63) is 16.1 Å². The third-order valence-electron chi connectivity index (χ3n) is 3.37. The molecule has 0 atom stereocenters. The molecule has 6 nitrogen and oxygen atoms in total. The van der Waals surface area contributed by atoms with Gasteiger partial charge < -0.3 is 9.64 Å². The zero-order valence-corrected chi connectivity index (χ0v) is 13.3. The lowest BCUT2D eigenvalue weighted by molar-refractivity contribution is 0.0525. The number of hydrogen-bond donors (Lipinski definition) is 0. The summed E-state index contributed by atoms with van der Waals surface area (Å²) in [6, 6.07) is 0. The Morgan fingerprint density at radius 3 is 2.62 bits per heavy atom. The largest absolute Gasteiger partial charge is 0.461 e. The highest BCUT2D eigenvalue weighted by atomic mass is 32.1. The Labute approximate surface area is 128 Å². The van der Waals surface area contributed by atoms with Crippen LogP contribution in [0, 0.1) is 0 Å². The number of nitrogens with zero attached hydrogens (tertiary/aromatic N) is 3. The van der Waals surface area contributed by atoms with Gasteiger partial charge in [0.05, 0.1) is 6.61 Å². The van der Waals surface area contributed by atoms with Gasteiger partial charge in [0, 0.05) is 31.6 Å². The third kappa shape index (κ3) is 4.01. The van der Waals surface area contributed by atoms with Crippen molar-refractivity contribution >= 4 is 23.2 Å². The zero-order valence-electron chi connectivity index (χ0n) is 12.5. The summed E-state index contributed by atoms with van der Waals surface area (Å²) in [6.07, 6.45) is 1.13. The molecule has 116 valence electrons. The van der Waals surface area contributed by atoms with Gasteiger partial charge in [0.25, 0.3) is 5.91 Å². The predicted molar refractivity (Wildman–Crippen MR) is 80.7 cm³/mol. The lowest BCUT2D eigenvalue weighted by Gasteiger charge is -2.34. The second kappa shape index (κ2) is 7.51. The number of thiazole rings is 1. The fourth-order valence-corrected chi connectivity index (χ4v) is 2.99. The summed E-state index contributed by atoms with van der Waals surface area (Å²) in [4.78, 5) is 32.2. The van der Waals surface area contributed by atoms with Crippen LogP contribution in [0.2, 0.25) is 0 Å². The first-order valence-electron chi connectivity index (χ1n) is 7.30. The van der Waals surface area contributed by atoms with E-state index in [1.165, 1.54) is 0 Å². The van der Waals surface area contributed by atoms with Crippen molar-refractivity contribution in [2.24, 2.45) is 0 Å². The molecule has 2 rings (SSSR count). The van der Waals surface area contributed by atoms with Crippen LogP contribution in [0.15, 0.2) is 5.38 Å². The number of piperazine rings is 1. The van der Waals surface area contributed by atoms with E-state index in [2.05, 4.69) is 16.8 Å². The van der Waals surface area contributed by atoms with E-state index in [9.17, 15) is 9.59 Å². The van der Waals surface area contributed by atoms with E-state index >= 15 is 0 Å². The molecule has 1 aliphatic rings. The number of esters is 1. The molecule has 1 saturated heterocycles. The van der Waals surface area contributed by atoms with Crippen molar-refractivity contribution in [3.63, 3.8) is 0 Å². The molecule has 1 aromatic rings. The van der Waals surface area contributed by atoms with Gasteiger partial charge in [0.15, 0.2) is 0 Å². The molecule has 0 N–H and O–H groups in total. The monoisotopic (exact) mass is 311 g/mol. The van der Waals surface area contributed by atoms with Gasteiger partial charge in [-0.3, -0.25) is 9.69 Å². The van der Waals surface area contributed by atoms with Crippen molar-refractivity contribution in [3.8, 4) is 0 Å². The van der Waals surface area contributed by atoms with E-state index in [-0.39, 0.29) is 10.9 Å².